The monoisotopic (exact) mass is 305 g/mol. The van der Waals surface area contributed by atoms with Crippen molar-refractivity contribution in [2.75, 3.05) is 5.75 Å². The van der Waals surface area contributed by atoms with E-state index in [1.165, 1.54) is 11.8 Å². The lowest BCUT2D eigenvalue weighted by atomic mass is 10.2. The van der Waals surface area contributed by atoms with Gasteiger partial charge in [0.05, 0.1) is 5.75 Å². The van der Waals surface area contributed by atoms with E-state index in [-0.39, 0.29) is 11.9 Å². The lowest BCUT2D eigenvalue weighted by Crippen LogP contribution is -2.33. The SMILES string of the molecule is CC[C@H](C)NC(=O)CSCc1c(Cl)cccc1Cl. The molecule has 18 heavy (non-hydrogen) atoms. The molecule has 1 atom stereocenters. The number of amides is 1. The number of nitrogens with one attached hydrogen (secondary N) is 1. The van der Waals surface area contributed by atoms with Crippen molar-refractivity contribution in [1.29, 1.82) is 0 Å². The van der Waals surface area contributed by atoms with Crippen molar-refractivity contribution in [3.63, 3.8) is 0 Å². The van der Waals surface area contributed by atoms with Crippen LogP contribution in [0, 0.1) is 0 Å². The Labute approximate surface area is 122 Å². The van der Waals surface area contributed by atoms with Crippen LogP contribution in [-0.4, -0.2) is 17.7 Å². The maximum absolute atomic E-state index is 11.6. The minimum atomic E-state index is 0.0533. The topological polar surface area (TPSA) is 29.1 Å². The van der Waals surface area contributed by atoms with Crippen molar-refractivity contribution in [3.8, 4) is 0 Å². The van der Waals surface area contributed by atoms with Crippen LogP contribution in [0.15, 0.2) is 18.2 Å². The highest BCUT2D eigenvalue weighted by Crippen LogP contribution is 2.28. The summed E-state index contributed by atoms with van der Waals surface area (Å²) in [6.07, 6.45) is 0.937. The second-order valence-electron chi connectivity index (χ2n) is 4.07. The molecule has 5 heteroatoms. The predicted molar refractivity (Wildman–Crippen MR) is 80.5 cm³/mol. The van der Waals surface area contributed by atoms with Gasteiger partial charge in [0.15, 0.2) is 0 Å². The minimum absolute atomic E-state index is 0.0533. The van der Waals surface area contributed by atoms with Crippen molar-refractivity contribution in [3.05, 3.63) is 33.8 Å². The number of carbonyl (C=O) groups excluding carboxylic acids is 1. The molecule has 1 N–H and O–H groups in total. The zero-order chi connectivity index (χ0) is 13.5. The van der Waals surface area contributed by atoms with E-state index in [1.54, 1.807) is 0 Å². The second kappa shape index (κ2) is 7.93. The summed E-state index contributed by atoms with van der Waals surface area (Å²) < 4.78 is 0. The lowest BCUT2D eigenvalue weighted by Gasteiger charge is -2.11. The highest BCUT2D eigenvalue weighted by molar-refractivity contribution is 7.99. The smallest absolute Gasteiger partial charge is 0.230 e. The molecule has 0 radical (unpaired) electrons. The van der Waals surface area contributed by atoms with Crippen molar-refractivity contribution in [1.82, 2.24) is 5.32 Å². The fourth-order valence-electron chi connectivity index (χ4n) is 1.33. The van der Waals surface area contributed by atoms with E-state index in [1.807, 2.05) is 32.0 Å². The molecular weight excluding hydrogens is 289 g/mol. The second-order valence-corrected chi connectivity index (χ2v) is 5.87. The molecule has 0 aliphatic carbocycles. The molecule has 0 spiro atoms. The summed E-state index contributed by atoms with van der Waals surface area (Å²) in [6, 6.07) is 5.65. The molecule has 2 nitrogen and oxygen atoms in total. The molecule has 100 valence electrons. The van der Waals surface area contributed by atoms with Gasteiger partial charge in [-0.3, -0.25) is 4.79 Å². The molecule has 1 aromatic carbocycles. The Morgan fingerprint density at radius 2 is 2.00 bits per heavy atom. The first kappa shape index (κ1) is 15.7. The van der Waals surface area contributed by atoms with Gasteiger partial charge in [0.25, 0.3) is 0 Å². The van der Waals surface area contributed by atoms with Crippen LogP contribution in [0.25, 0.3) is 0 Å². The third-order valence-corrected chi connectivity index (χ3v) is 4.23. The van der Waals surface area contributed by atoms with Gasteiger partial charge in [0.1, 0.15) is 0 Å². The molecule has 0 aromatic heterocycles. The fourth-order valence-corrected chi connectivity index (χ4v) is 2.91. The van der Waals surface area contributed by atoms with Gasteiger partial charge in [0, 0.05) is 21.8 Å². The number of thioether (sulfide) groups is 1. The quantitative estimate of drug-likeness (QED) is 0.856. The van der Waals surface area contributed by atoms with Gasteiger partial charge in [-0.25, -0.2) is 0 Å². The fraction of sp³-hybridized carbons (Fsp3) is 0.462. The van der Waals surface area contributed by atoms with Gasteiger partial charge in [-0.2, -0.15) is 0 Å². The predicted octanol–water partition coefficient (Wildman–Crippen LogP) is 4.14. The molecular formula is C13H17Cl2NOS. The summed E-state index contributed by atoms with van der Waals surface area (Å²) in [5, 5.41) is 4.22. The van der Waals surface area contributed by atoms with Crippen molar-refractivity contribution < 1.29 is 4.79 Å². The lowest BCUT2D eigenvalue weighted by molar-refractivity contribution is -0.119. The largest absolute Gasteiger partial charge is 0.353 e. The minimum Gasteiger partial charge on any atom is -0.353 e. The Morgan fingerprint density at radius 1 is 1.39 bits per heavy atom. The Kier molecular flexibility index (Phi) is 6.90. The van der Waals surface area contributed by atoms with E-state index in [2.05, 4.69) is 5.32 Å². The average molecular weight is 306 g/mol. The molecule has 0 saturated heterocycles. The summed E-state index contributed by atoms with van der Waals surface area (Å²) >= 11 is 13.6. The molecule has 1 rings (SSSR count). The number of benzene rings is 1. The molecule has 0 unspecified atom stereocenters. The van der Waals surface area contributed by atoms with E-state index in [9.17, 15) is 4.79 Å². The Hall–Kier alpha value is -0.380. The summed E-state index contributed by atoms with van der Waals surface area (Å²) in [5.41, 5.74) is 0.891. The zero-order valence-electron chi connectivity index (χ0n) is 10.5. The Morgan fingerprint density at radius 3 is 2.56 bits per heavy atom. The number of hydrogen-bond acceptors (Lipinski definition) is 2. The summed E-state index contributed by atoms with van der Waals surface area (Å²) in [6.45, 7) is 4.04. The summed E-state index contributed by atoms with van der Waals surface area (Å²) in [7, 11) is 0. The molecule has 0 aliphatic rings. The van der Waals surface area contributed by atoms with Crippen LogP contribution in [0.4, 0.5) is 0 Å². The van der Waals surface area contributed by atoms with E-state index in [4.69, 9.17) is 23.2 Å². The third kappa shape index (κ3) is 5.09. The average Bonchev–Trinajstić information content (AvgIpc) is 2.32. The van der Waals surface area contributed by atoms with E-state index >= 15 is 0 Å². The van der Waals surface area contributed by atoms with Crippen LogP contribution in [0.1, 0.15) is 25.8 Å². The Bertz CT molecular complexity index is 392. The first-order valence-electron chi connectivity index (χ1n) is 5.84. The van der Waals surface area contributed by atoms with Crippen LogP contribution < -0.4 is 5.32 Å². The molecule has 0 saturated carbocycles. The van der Waals surface area contributed by atoms with Crippen LogP contribution in [0.5, 0.6) is 0 Å². The highest BCUT2D eigenvalue weighted by Gasteiger charge is 2.08. The first-order chi connectivity index (χ1) is 8.54. The molecule has 0 fully saturated rings. The van der Waals surface area contributed by atoms with Gasteiger partial charge >= 0.3 is 0 Å². The van der Waals surface area contributed by atoms with Crippen molar-refractivity contribution in [2.24, 2.45) is 0 Å². The molecule has 1 amide bonds. The van der Waals surface area contributed by atoms with Gasteiger partial charge in [0.2, 0.25) is 5.91 Å². The molecule has 1 aromatic rings. The molecule has 0 aliphatic heterocycles. The van der Waals surface area contributed by atoms with Gasteiger partial charge in [-0.05, 0) is 31.0 Å². The maximum atomic E-state index is 11.6. The summed E-state index contributed by atoms with van der Waals surface area (Å²) in [5.74, 6) is 1.12. The normalized spacial score (nSPS) is 12.2. The zero-order valence-corrected chi connectivity index (χ0v) is 12.8. The van der Waals surface area contributed by atoms with Gasteiger partial charge in [-0.1, -0.05) is 36.2 Å². The van der Waals surface area contributed by atoms with Crippen LogP contribution in [0.3, 0.4) is 0 Å². The van der Waals surface area contributed by atoms with Crippen molar-refractivity contribution >= 4 is 40.9 Å². The van der Waals surface area contributed by atoms with Gasteiger partial charge in [-0.15, -0.1) is 11.8 Å². The van der Waals surface area contributed by atoms with Crippen LogP contribution in [0.2, 0.25) is 10.0 Å². The maximum Gasteiger partial charge on any atom is 0.230 e. The molecule has 0 heterocycles. The van der Waals surface area contributed by atoms with Crippen LogP contribution in [-0.2, 0) is 10.5 Å². The number of rotatable bonds is 6. The highest BCUT2D eigenvalue weighted by atomic mass is 35.5. The van der Waals surface area contributed by atoms with Crippen LogP contribution >= 0.6 is 35.0 Å². The number of halogens is 2. The first-order valence-corrected chi connectivity index (χ1v) is 7.75. The van der Waals surface area contributed by atoms with E-state index in [0.717, 1.165) is 12.0 Å². The number of hydrogen-bond donors (Lipinski definition) is 1. The van der Waals surface area contributed by atoms with Crippen molar-refractivity contribution in [2.45, 2.75) is 32.1 Å². The van der Waals surface area contributed by atoms with E-state index < -0.39 is 0 Å². The van der Waals surface area contributed by atoms with E-state index in [0.29, 0.717) is 21.6 Å². The molecule has 0 bridgehead atoms. The summed E-state index contributed by atoms with van der Waals surface area (Å²) in [4.78, 5) is 11.6. The van der Waals surface area contributed by atoms with Gasteiger partial charge < -0.3 is 5.32 Å². The Balaban J connectivity index is 2.40. The number of carbonyl (C=O) groups is 1. The standard InChI is InChI=1S/C13H17Cl2NOS/c1-3-9(2)16-13(17)8-18-7-10-11(14)5-4-6-12(10)15/h4-6,9H,3,7-8H2,1-2H3,(H,16,17)/t9-/m0/s1. The third-order valence-electron chi connectivity index (χ3n) is 2.56.